The second-order valence-corrected chi connectivity index (χ2v) is 10.3. The van der Waals surface area contributed by atoms with Crippen LogP contribution in [0.25, 0.3) is 10.9 Å². The summed E-state index contributed by atoms with van der Waals surface area (Å²) in [6, 6.07) is 8.31. The summed E-state index contributed by atoms with van der Waals surface area (Å²) in [5, 5.41) is 7.84. The second-order valence-electron chi connectivity index (χ2n) is 10.3. The zero-order chi connectivity index (χ0) is 25.1. The third kappa shape index (κ3) is 5.26. The predicted molar refractivity (Wildman–Crippen MR) is 139 cm³/mol. The second kappa shape index (κ2) is 11.1. The SMILES string of the molecule is CCNc1nc2ccc(OCC)cc2cc1CC1C(=O)NC(C(C)C)C2CC(OC)C(OC)CC12. The van der Waals surface area contributed by atoms with E-state index in [1.807, 2.05) is 25.1 Å². The van der Waals surface area contributed by atoms with Crippen LogP contribution >= 0.6 is 0 Å². The zero-order valence-electron chi connectivity index (χ0n) is 22.0. The number of carbonyl (C=O) groups is 1. The van der Waals surface area contributed by atoms with Crippen molar-refractivity contribution in [3.8, 4) is 5.75 Å². The number of methoxy groups -OCH3 is 2. The van der Waals surface area contributed by atoms with E-state index in [0.29, 0.717) is 24.9 Å². The smallest absolute Gasteiger partial charge is 0.223 e. The molecule has 7 nitrogen and oxygen atoms in total. The highest BCUT2D eigenvalue weighted by atomic mass is 16.5. The van der Waals surface area contributed by atoms with Gasteiger partial charge in [-0.2, -0.15) is 0 Å². The molecule has 1 amide bonds. The van der Waals surface area contributed by atoms with Gasteiger partial charge >= 0.3 is 0 Å². The highest BCUT2D eigenvalue weighted by Gasteiger charge is 2.50. The van der Waals surface area contributed by atoms with Crippen molar-refractivity contribution in [1.82, 2.24) is 10.3 Å². The van der Waals surface area contributed by atoms with Crippen molar-refractivity contribution in [3.05, 3.63) is 29.8 Å². The standard InChI is InChI=1S/C28H41N3O4/c1-7-29-27-18(11-17-12-19(35-8-2)9-10-23(17)30-27)13-22-20-14-24(33-5)25(34-6)15-21(20)26(16(3)4)31-28(22)32/h9-12,16,20-22,24-26H,7-8,13-15H2,1-6H3,(H,29,30)(H,31,32). The van der Waals surface area contributed by atoms with Gasteiger partial charge in [0.15, 0.2) is 0 Å². The summed E-state index contributed by atoms with van der Waals surface area (Å²) in [6.45, 7) is 9.82. The van der Waals surface area contributed by atoms with Crippen LogP contribution in [0.2, 0.25) is 0 Å². The number of piperidine rings is 1. The summed E-state index contributed by atoms with van der Waals surface area (Å²) < 4.78 is 17.4. The maximum absolute atomic E-state index is 13.5. The van der Waals surface area contributed by atoms with Crippen LogP contribution in [0.4, 0.5) is 5.82 Å². The van der Waals surface area contributed by atoms with Gasteiger partial charge in [0.25, 0.3) is 0 Å². The molecule has 1 aromatic heterocycles. The lowest BCUT2D eigenvalue weighted by molar-refractivity contribution is -0.146. The molecule has 0 radical (unpaired) electrons. The first-order chi connectivity index (χ1) is 16.9. The molecule has 1 aromatic carbocycles. The molecule has 2 heterocycles. The van der Waals surface area contributed by atoms with Crippen molar-refractivity contribution in [3.63, 3.8) is 0 Å². The molecular formula is C28H41N3O4. The first kappa shape index (κ1) is 25.7. The number of hydrogen-bond donors (Lipinski definition) is 2. The Morgan fingerprint density at radius 1 is 1.09 bits per heavy atom. The van der Waals surface area contributed by atoms with E-state index in [9.17, 15) is 4.79 Å². The number of benzene rings is 1. The molecule has 2 N–H and O–H groups in total. The highest BCUT2D eigenvalue weighted by molar-refractivity contribution is 5.84. The number of aromatic nitrogens is 1. The van der Waals surface area contributed by atoms with Crippen molar-refractivity contribution < 1.29 is 19.0 Å². The first-order valence-electron chi connectivity index (χ1n) is 13.1. The van der Waals surface area contributed by atoms with E-state index in [1.165, 1.54) is 0 Å². The molecule has 2 fully saturated rings. The Hall–Kier alpha value is -2.38. The molecule has 0 bridgehead atoms. The molecule has 7 heteroatoms. The molecular weight excluding hydrogens is 442 g/mol. The van der Waals surface area contributed by atoms with Crippen LogP contribution in [0.3, 0.4) is 0 Å². The largest absolute Gasteiger partial charge is 0.494 e. The van der Waals surface area contributed by atoms with Gasteiger partial charge in [0, 0.05) is 38.1 Å². The molecule has 6 atom stereocenters. The van der Waals surface area contributed by atoms with E-state index < -0.39 is 0 Å². The number of amides is 1. The molecule has 4 rings (SSSR count). The van der Waals surface area contributed by atoms with Gasteiger partial charge in [-0.3, -0.25) is 4.79 Å². The summed E-state index contributed by atoms with van der Waals surface area (Å²) in [5.41, 5.74) is 1.98. The maximum Gasteiger partial charge on any atom is 0.223 e. The summed E-state index contributed by atoms with van der Waals surface area (Å²) >= 11 is 0. The van der Waals surface area contributed by atoms with Crippen LogP contribution < -0.4 is 15.4 Å². The molecule has 1 saturated carbocycles. The minimum absolute atomic E-state index is 0.000760. The number of rotatable bonds is 9. The van der Waals surface area contributed by atoms with Gasteiger partial charge in [0.2, 0.25) is 5.91 Å². The van der Waals surface area contributed by atoms with Crippen LogP contribution in [-0.2, 0) is 20.7 Å². The van der Waals surface area contributed by atoms with Gasteiger partial charge in [-0.15, -0.1) is 0 Å². The number of hydrogen-bond acceptors (Lipinski definition) is 6. The average molecular weight is 484 g/mol. The fourth-order valence-corrected chi connectivity index (χ4v) is 6.21. The lowest BCUT2D eigenvalue weighted by Crippen LogP contribution is -2.61. The normalized spacial score (nSPS) is 28.6. The predicted octanol–water partition coefficient (Wildman–Crippen LogP) is 4.43. The number of carbonyl (C=O) groups excluding carboxylic acids is 1. The number of nitrogens with one attached hydrogen (secondary N) is 2. The molecule has 1 saturated heterocycles. The van der Waals surface area contributed by atoms with Gasteiger partial charge in [-0.05, 0) is 80.7 Å². The molecule has 2 aliphatic rings. The summed E-state index contributed by atoms with van der Waals surface area (Å²) in [5.74, 6) is 2.63. The Morgan fingerprint density at radius 2 is 1.80 bits per heavy atom. The molecule has 192 valence electrons. The zero-order valence-corrected chi connectivity index (χ0v) is 22.0. The van der Waals surface area contributed by atoms with Crippen molar-refractivity contribution >= 4 is 22.6 Å². The molecule has 1 aliphatic carbocycles. The van der Waals surface area contributed by atoms with E-state index in [-0.39, 0.29) is 36.0 Å². The van der Waals surface area contributed by atoms with E-state index >= 15 is 0 Å². The summed E-state index contributed by atoms with van der Waals surface area (Å²) in [6.07, 6.45) is 2.41. The molecule has 6 unspecified atom stereocenters. The summed E-state index contributed by atoms with van der Waals surface area (Å²) in [7, 11) is 3.52. The molecule has 1 aliphatic heterocycles. The van der Waals surface area contributed by atoms with Crippen molar-refractivity contribution in [1.29, 1.82) is 0 Å². The van der Waals surface area contributed by atoms with E-state index in [2.05, 4.69) is 37.5 Å². The Labute approximate surface area is 209 Å². The average Bonchev–Trinajstić information content (AvgIpc) is 2.85. The number of anilines is 1. The fraction of sp³-hybridized carbons (Fsp3) is 0.643. The highest BCUT2D eigenvalue weighted by Crippen LogP contribution is 2.45. The fourth-order valence-electron chi connectivity index (χ4n) is 6.21. The topological polar surface area (TPSA) is 81.7 Å². The van der Waals surface area contributed by atoms with E-state index in [0.717, 1.165) is 47.4 Å². The summed E-state index contributed by atoms with van der Waals surface area (Å²) in [4.78, 5) is 18.5. The van der Waals surface area contributed by atoms with Gasteiger partial charge < -0.3 is 24.8 Å². The van der Waals surface area contributed by atoms with Gasteiger partial charge in [0.1, 0.15) is 11.6 Å². The third-order valence-corrected chi connectivity index (χ3v) is 7.88. The van der Waals surface area contributed by atoms with Crippen molar-refractivity contribution in [2.24, 2.45) is 23.7 Å². The van der Waals surface area contributed by atoms with Gasteiger partial charge in [-0.25, -0.2) is 4.98 Å². The lowest BCUT2D eigenvalue weighted by atomic mass is 9.62. The maximum atomic E-state index is 13.5. The Bertz CT molecular complexity index is 1030. The van der Waals surface area contributed by atoms with Gasteiger partial charge in [0.05, 0.1) is 24.3 Å². The van der Waals surface area contributed by atoms with Crippen LogP contribution in [-0.4, -0.2) is 56.5 Å². The van der Waals surface area contributed by atoms with Crippen LogP contribution in [0, 0.1) is 23.7 Å². The number of pyridine rings is 1. The minimum atomic E-state index is -0.141. The Balaban J connectivity index is 1.70. The Kier molecular flexibility index (Phi) is 8.17. The van der Waals surface area contributed by atoms with Crippen LogP contribution in [0.1, 0.15) is 46.1 Å². The molecule has 0 spiro atoms. The van der Waals surface area contributed by atoms with Gasteiger partial charge in [-0.1, -0.05) is 13.8 Å². The monoisotopic (exact) mass is 483 g/mol. The minimum Gasteiger partial charge on any atom is -0.494 e. The van der Waals surface area contributed by atoms with Crippen molar-refractivity contribution in [2.75, 3.05) is 32.7 Å². The molecule has 2 aromatic rings. The van der Waals surface area contributed by atoms with Crippen LogP contribution in [0.15, 0.2) is 24.3 Å². The molecule has 35 heavy (non-hydrogen) atoms. The quantitative estimate of drug-likeness (QED) is 0.549. The van der Waals surface area contributed by atoms with E-state index in [4.69, 9.17) is 19.2 Å². The number of ether oxygens (including phenoxy) is 3. The first-order valence-corrected chi connectivity index (χ1v) is 13.1. The number of fused-ring (bicyclic) bond motifs is 2. The number of nitrogens with zero attached hydrogens (tertiary/aromatic N) is 1. The van der Waals surface area contributed by atoms with E-state index in [1.54, 1.807) is 14.2 Å². The van der Waals surface area contributed by atoms with Crippen molar-refractivity contribution in [2.45, 2.75) is 65.2 Å². The Morgan fingerprint density at radius 3 is 2.43 bits per heavy atom. The lowest BCUT2D eigenvalue weighted by Gasteiger charge is -2.50. The van der Waals surface area contributed by atoms with Crippen LogP contribution in [0.5, 0.6) is 5.75 Å². The third-order valence-electron chi connectivity index (χ3n) is 7.88.